The zero-order valence-corrected chi connectivity index (χ0v) is 14.3. The van der Waals surface area contributed by atoms with Gasteiger partial charge in [0.05, 0.1) is 5.56 Å². The number of carbonyl (C=O) groups is 2. The van der Waals surface area contributed by atoms with Gasteiger partial charge in [-0.25, -0.2) is 9.18 Å². The quantitative estimate of drug-likeness (QED) is 0.714. The normalized spacial score (nSPS) is 13.1. The van der Waals surface area contributed by atoms with Crippen LogP contribution in [0.25, 0.3) is 0 Å². The molecule has 0 aliphatic heterocycles. The standard InChI is InChI=1S/C20H21FN2O3/c21-15-7-5-14(6-8-15)11-12-22-18-4-2-1-3-17(18)20(25)26-13-19(24)23-16-9-10-16/h1-8,16,22H,9-13H2,(H,23,24). The van der Waals surface area contributed by atoms with Crippen molar-refractivity contribution >= 4 is 17.6 Å². The van der Waals surface area contributed by atoms with Crippen LogP contribution in [0.4, 0.5) is 10.1 Å². The topological polar surface area (TPSA) is 67.4 Å². The van der Waals surface area contributed by atoms with Crippen LogP contribution in [0.2, 0.25) is 0 Å². The molecule has 1 aliphatic rings. The van der Waals surface area contributed by atoms with E-state index in [2.05, 4.69) is 10.6 Å². The Morgan fingerprint density at radius 1 is 1.08 bits per heavy atom. The third-order valence-electron chi connectivity index (χ3n) is 4.07. The van der Waals surface area contributed by atoms with Gasteiger partial charge >= 0.3 is 5.97 Å². The fourth-order valence-corrected chi connectivity index (χ4v) is 2.51. The second-order valence-corrected chi connectivity index (χ2v) is 6.27. The fraction of sp³-hybridized carbons (Fsp3) is 0.300. The number of ether oxygens (including phenoxy) is 1. The number of hydrogen-bond donors (Lipinski definition) is 2. The molecular formula is C20H21FN2O3. The zero-order valence-electron chi connectivity index (χ0n) is 14.3. The maximum atomic E-state index is 12.9. The largest absolute Gasteiger partial charge is 0.452 e. The number of benzene rings is 2. The molecule has 6 heteroatoms. The maximum Gasteiger partial charge on any atom is 0.340 e. The van der Waals surface area contributed by atoms with Gasteiger partial charge in [0.1, 0.15) is 5.82 Å². The zero-order chi connectivity index (χ0) is 18.4. The van der Waals surface area contributed by atoms with E-state index in [1.54, 1.807) is 30.3 Å². The van der Waals surface area contributed by atoms with E-state index in [1.165, 1.54) is 12.1 Å². The minimum Gasteiger partial charge on any atom is -0.452 e. The minimum absolute atomic E-state index is 0.238. The molecule has 26 heavy (non-hydrogen) atoms. The van der Waals surface area contributed by atoms with Gasteiger partial charge in [0, 0.05) is 18.3 Å². The highest BCUT2D eigenvalue weighted by molar-refractivity contribution is 5.96. The molecule has 0 spiro atoms. The first-order chi connectivity index (χ1) is 12.6. The van der Waals surface area contributed by atoms with Gasteiger partial charge in [-0.2, -0.15) is 0 Å². The van der Waals surface area contributed by atoms with Crippen LogP contribution in [-0.2, 0) is 16.0 Å². The third kappa shape index (κ3) is 5.31. The summed E-state index contributed by atoms with van der Waals surface area (Å²) in [5.41, 5.74) is 2.02. The predicted molar refractivity (Wildman–Crippen MR) is 96.5 cm³/mol. The Labute approximate surface area is 151 Å². The first-order valence-electron chi connectivity index (χ1n) is 8.65. The van der Waals surface area contributed by atoms with Crippen molar-refractivity contribution < 1.29 is 18.7 Å². The Morgan fingerprint density at radius 3 is 2.54 bits per heavy atom. The Balaban J connectivity index is 1.52. The van der Waals surface area contributed by atoms with Crippen molar-refractivity contribution in [3.8, 4) is 0 Å². The first-order valence-corrected chi connectivity index (χ1v) is 8.65. The number of esters is 1. The van der Waals surface area contributed by atoms with Gasteiger partial charge < -0.3 is 15.4 Å². The van der Waals surface area contributed by atoms with Crippen molar-refractivity contribution in [1.82, 2.24) is 5.32 Å². The van der Waals surface area contributed by atoms with Crippen molar-refractivity contribution in [2.45, 2.75) is 25.3 Å². The summed E-state index contributed by atoms with van der Waals surface area (Å²) in [5, 5.41) is 5.97. The molecule has 1 amide bonds. The summed E-state index contributed by atoms with van der Waals surface area (Å²) < 4.78 is 18.0. The monoisotopic (exact) mass is 356 g/mol. The predicted octanol–water partition coefficient (Wildman–Crippen LogP) is 2.92. The average Bonchev–Trinajstić information content (AvgIpc) is 3.46. The third-order valence-corrected chi connectivity index (χ3v) is 4.07. The highest BCUT2D eigenvalue weighted by atomic mass is 19.1. The average molecular weight is 356 g/mol. The Hall–Kier alpha value is -2.89. The number of amides is 1. The summed E-state index contributed by atoms with van der Waals surface area (Å²) in [5.74, 6) is -1.08. The summed E-state index contributed by atoms with van der Waals surface area (Å²) in [6.45, 7) is 0.303. The molecule has 0 bridgehead atoms. The van der Waals surface area contributed by atoms with Crippen LogP contribution in [0, 0.1) is 5.82 Å². The highest BCUT2D eigenvalue weighted by Crippen LogP contribution is 2.19. The first kappa shape index (κ1) is 17.9. The lowest BCUT2D eigenvalue weighted by molar-refractivity contribution is -0.124. The van der Waals surface area contributed by atoms with Crippen LogP contribution in [0.5, 0.6) is 0 Å². The molecule has 2 aromatic carbocycles. The smallest absolute Gasteiger partial charge is 0.340 e. The van der Waals surface area contributed by atoms with E-state index in [0.29, 0.717) is 24.2 Å². The second kappa shape index (κ2) is 8.47. The molecule has 2 aromatic rings. The van der Waals surface area contributed by atoms with Crippen LogP contribution in [-0.4, -0.2) is 31.1 Å². The molecular weight excluding hydrogens is 335 g/mol. The van der Waals surface area contributed by atoms with Crippen molar-refractivity contribution in [3.63, 3.8) is 0 Å². The molecule has 1 aliphatic carbocycles. The number of anilines is 1. The molecule has 1 saturated carbocycles. The lowest BCUT2D eigenvalue weighted by Gasteiger charge is -2.12. The molecule has 136 valence electrons. The van der Waals surface area contributed by atoms with Gasteiger partial charge in [-0.3, -0.25) is 4.79 Å². The van der Waals surface area contributed by atoms with Crippen molar-refractivity contribution in [1.29, 1.82) is 0 Å². The van der Waals surface area contributed by atoms with Gasteiger partial charge in [-0.05, 0) is 49.1 Å². The molecule has 0 heterocycles. The summed E-state index contributed by atoms with van der Waals surface area (Å²) in [6.07, 6.45) is 2.66. The Kier molecular flexibility index (Phi) is 5.84. The lowest BCUT2D eigenvalue weighted by Crippen LogP contribution is -2.30. The minimum atomic E-state index is -0.541. The number of halogens is 1. The van der Waals surface area contributed by atoms with Crippen LogP contribution in [0.1, 0.15) is 28.8 Å². The van der Waals surface area contributed by atoms with E-state index >= 15 is 0 Å². The van der Waals surface area contributed by atoms with Crippen molar-refractivity contribution in [3.05, 3.63) is 65.5 Å². The molecule has 0 aromatic heterocycles. The van der Waals surface area contributed by atoms with Crippen LogP contribution < -0.4 is 10.6 Å². The summed E-state index contributed by atoms with van der Waals surface area (Å²) >= 11 is 0. The molecule has 0 saturated heterocycles. The second-order valence-electron chi connectivity index (χ2n) is 6.27. The molecule has 1 fully saturated rings. The number of nitrogens with one attached hydrogen (secondary N) is 2. The molecule has 0 radical (unpaired) electrons. The van der Waals surface area contributed by atoms with E-state index in [0.717, 1.165) is 18.4 Å². The van der Waals surface area contributed by atoms with E-state index in [1.807, 2.05) is 6.07 Å². The van der Waals surface area contributed by atoms with Gasteiger partial charge in [0.15, 0.2) is 6.61 Å². The van der Waals surface area contributed by atoms with Crippen LogP contribution in [0.15, 0.2) is 48.5 Å². The van der Waals surface area contributed by atoms with E-state index in [9.17, 15) is 14.0 Å². The van der Waals surface area contributed by atoms with E-state index in [-0.39, 0.29) is 24.4 Å². The maximum absolute atomic E-state index is 12.9. The van der Waals surface area contributed by atoms with Gasteiger partial charge in [0.25, 0.3) is 5.91 Å². The molecule has 2 N–H and O–H groups in total. The van der Waals surface area contributed by atoms with E-state index < -0.39 is 5.97 Å². The Morgan fingerprint density at radius 2 is 1.81 bits per heavy atom. The summed E-state index contributed by atoms with van der Waals surface area (Å²) in [6, 6.07) is 13.5. The summed E-state index contributed by atoms with van der Waals surface area (Å²) in [4.78, 5) is 23.9. The number of rotatable bonds is 8. The number of para-hydroxylation sites is 1. The molecule has 0 atom stereocenters. The fourth-order valence-electron chi connectivity index (χ4n) is 2.51. The number of hydrogen-bond acceptors (Lipinski definition) is 4. The van der Waals surface area contributed by atoms with Crippen LogP contribution >= 0.6 is 0 Å². The molecule has 3 rings (SSSR count). The van der Waals surface area contributed by atoms with Gasteiger partial charge in [0.2, 0.25) is 0 Å². The SMILES string of the molecule is O=C(COC(=O)c1ccccc1NCCc1ccc(F)cc1)NC1CC1. The van der Waals surface area contributed by atoms with Gasteiger partial charge in [-0.15, -0.1) is 0 Å². The Bertz CT molecular complexity index is 773. The van der Waals surface area contributed by atoms with Crippen molar-refractivity contribution in [2.75, 3.05) is 18.5 Å². The highest BCUT2D eigenvalue weighted by Gasteiger charge is 2.24. The molecule has 0 unspecified atom stereocenters. The number of carbonyl (C=O) groups excluding carboxylic acids is 2. The van der Waals surface area contributed by atoms with Crippen molar-refractivity contribution in [2.24, 2.45) is 0 Å². The molecule has 5 nitrogen and oxygen atoms in total. The van der Waals surface area contributed by atoms with Gasteiger partial charge in [-0.1, -0.05) is 24.3 Å². The summed E-state index contributed by atoms with van der Waals surface area (Å²) in [7, 11) is 0. The van der Waals surface area contributed by atoms with Crippen LogP contribution in [0.3, 0.4) is 0 Å². The van der Waals surface area contributed by atoms with E-state index in [4.69, 9.17) is 4.74 Å². The lowest BCUT2D eigenvalue weighted by atomic mass is 10.1.